The first kappa shape index (κ1) is 25.7. The van der Waals surface area contributed by atoms with Gasteiger partial charge in [-0.1, -0.05) is 18.2 Å². The normalized spacial score (nSPS) is 12.9. The molecule has 1 fully saturated rings. The third-order valence-electron chi connectivity index (χ3n) is 6.79. The van der Waals surface area contributed by atoms with Gasteiger partial charge in [0.05, 0.1) is 35.3 Å². The molecule has 1 saturated carbocycles. The highest BCUT2D eigenvalue weighted by atomic mass is 16.2. The summed E-state index contributed by atoms with van der Waals surface area (Å²) >= 11 is 0. The standard InChI is InChI=1S/C31H28N6O2/c1-19-7-10-24(35-30(39)22-5-4-6-23(13-22)31(2,3)18-32)15-25(19)27-17-33-16-26(36-27)21-11-12-34-28(14-21)37-29(38)20-8-9-20/h4-7,10-17,20H,8-9H2,1-3H3,(H,35,39)(H,34,37,38). The number of anilines is 2. The van der Waals surface area contributed by atoms with E-state index < -0.39 is 5.41 Å². The second kappa shape index (κ2) is 10.5. The topological polar surface area (TPSA) is 121 Å². The molecular weight excluding hydrogens is 488 g/mol. The number of pyridine rings is 1. The molecule has 39 heavy (non-hydrogen) atoms. The number of amides is 2. The number of nitriles is 1. The Balaban J connectivity index is 1.38. The minimum atomic E-state index is -0.699. The van der Waals surface area contributed by atoms with E-state index in [-0.39, 0.29) is 17.7 Å². The monoisotopic (exact) mass is 516 g/mol. The number of rotatable bonds is 7. The van der Waals surface area contributed by atoms with Crippen molar-refractivity contribution in [3.8, 4) is 28.6 Å². The zero-order valence-electron chi connectivity index (χ0n) is 22.0. The van der Waals surface area contributed by atoms with Crippen LogP contribution in [0, 0.1) is 24.2 Å². The van der Waals surface area contributed by atoms with Crippen molar-refractivity contribution < 1.29 is 9.59 Å². The molecule has 0 spiro atoms. The molecule has 2 aromatic heterocycles. The lowest BCUT2D eigenvalue weighted by atomic mass is 9.85. The van der Waals surface area contributed by atoms with Gasteiger partial charge in [0.2, 0.25) is 5.91 Å². The average molecular weight is 517 g/mol. The van der Waals surface area contributed by atoms with Crippen molar-refractivity contribution in [2.24, 2.45) is 5.92 Å². The Bertz CT molecular complexity index is 1620. The maximum Gasteiger partial charge on any atom is 0.255 e. The van der Waals surface area contributed by atoms with Gasteiger partial charge >= 0.3 is 0 Å². The maximum atomic E-state index is 13.0. The molecule has 0 saturated heterocycles. The number of hydrogen-bond donors (Lipinski definition) is 2. The van der Waals surface area contributed by atoms with Gasteiger partial charge in [-0.15, -0.1) is 0 Å². The minimum Gasteiger partial charge on any atom is -0.322 e. The molecule has 8 nitrogen and oxygen atoms in total. The van der Waals surface area contributed by atoms with Crippen LogP contribution >= 0.6 is 0 Å². The van der Waals surface area contributed by atoms with Gasteiger partial charge in [-0.2, -0.15) is 5.26 Å². The number of nitrogens with zero attached hydrogens (tertiary/aromatic N) is 4. The molecule has 1 aliphatic rings. The molecule has 5 rings (SSSR count). The van der Waals surface area contributed by atoms with Gasteiger partial charge in [0.1, 0.15) is 5.82 Å². The lowest BCUT2D eigenvalue weighted by molar-refractivity contribution is -0.117. The molecule has 194 valence electrons. The summed E-state index contributed by atoms with van der Waals surface area (Å²) in [6.07, 6.45) is 6.83. The molecule has 0 aliphatic heterocycles. The molecular formula is C31H28N6O2. The molecule has 0 radical (unpaired) electrons. The van der Waals surface area contributed by atoms with Crippen LogP contribution in [0.2, 0.25) is 0 Å². The second-order valence-corrected chi connectivity index (χ2v) is 10.3. The van der Waals surface area contributed by atoms with Gasteiger partial charge in [-0.3, -0.25) is 14.6 Å². The summed E-state index contributed by atoms with van der Waals surface area (Å²) in [5.74, 6) is 0.301. The largest absolute Gasteiger partial charge is 0.322 e. The Morgan fingerprint density at radius 1 is 1.00 bits per heavy atom. The quantitative estimate of drug-likeness (QED) is 0.315. The van der Waals surface area contributed by atoms with Gasteiger partial charge < -0.3 is 10.6 Å². The van der Waals surface area contributed by atoms with Gasteiger partial charge in [0.25, 0.3) is 5.91 Å². The summed E-state index contributed by atoms with van der Waals surface area (Å²) in [6.45, 7) is 5.62. The number of carbonyl (C=O) groups is 2. The van der Waals surface area contributed by atoms with E-state index in [0.29, 0.717) is 28.5 Å². The Kier molecular flexibility index (Phi) is 6.90. The molecule has 1 aliphatic carbocycles. The van der Waals surface area contributed by atoms with Crippen LogP contribution in [0.15, 0.2) is 73.2 Å². The van der Waals surface area contributed by atoms with E-state index >= 15 is 0 Å². The Labute approximate surface area is 227 Å². The molecule has 0 unspecified atom stereocenters. The fourth-order valence-corrected chi connectivity index (χ4v) is 4.16. The molecule has 2 aromatic carbocycles. The van der Waals surface area contributed by atoms with Gasteiger partial charge in [-0.05, 0) is 81.1 Å². The minimum absolute atomic E-state index is 0.00512. The van der Waals surface area contributed by atoms with Crippen LogP contribution in [-0.4, -0.2) is 26.8 Å². The van der Waals surface area contributed by atoms with Crippen LogP contribution in [0.25, 0.3) is 22.5 Å². The van der Waals surface area contributed by atoms with Crippen LogP contribution < -0.4 is 10.6 Å². The lowest BCUT2D eigenvalue weighted by Gasteiger charge is -2.16. The Morgan fingerprint density at radius 2 is 1.79 bits per heavy atom. The summed E-state index contributed by atoms with van der Waals surface area (Å²) in [5.41, 5.74) is 5.06. The highest BCUT2D eigenvalue weighted by Crippen LogP contribution is 2.31. The highest BCUT2D eigenvalue weighted by Gasteiger charge is 2.29. The first-order chi connectivity index (χ1) is 18.7. The van der Waals surface area contributed by atoms with Gasteiger partial charge in [0, 0.05) is 34.5 Å². The van der Waals surface area contributed by atoms with Gasteiger partial charge in [0.15, 0.2) is 0 Å². The Hall–Kier alpha value is -4.90. The van der Waals surface area contributed by atoms with E-state index in [1.807, 2.05) is 51.1 Å². The van der Waals surface area contributed by atoms with Crippen molar-refractivity contribution in [1.82, 2.24) is 15.0 Å². The SMILES string of the molecule is Cc1ccc(NC(=O)c2cccc(C(C)(C)C#N)c2)cc1-c1cncc(-c2ccnc(NC(=O)C3CC3)c2)n1. The molecule has 2 N–H and O–H groups in total. The number of benzene rings is 2. The number of aromatic nitrogens is 3. The molecule has 2 heterocycles. The number of nitrogens with one attached hydrogen (secondary N) is 2. The number of hydrogen-bond acceptors (Lipinski definition) is 6. The second-order valence-electron chi connectivity index (χ2n) is 10.3. The smallest absolute Gasteiger partial charge is 0.255 e. The summed E-state index contributed by atoms with van der Waals surface area (Å²) in [7, 11) is 0. The van der Waals surface area contributed by atoms with E-state index in [1.165, 1.54) is 0 Å². The number of aryl methyl sites for hydroxylation is 1. The third-order valence-corrected chi connectivity index (χ3v) is 6.79. The van der Waals surface area contributed by atoms with Crippen LogP contribution in [-0.2, 0) is 10.2 Å². The van der Waals surface area contributed by atoms with Crippen molar-refractivity contribution >= 4 is 23.3 Å². The van der Waals surface area contributed by atoms with Crippen molar-refractivity contribution in [3.63, 3.8) is 0 Å². The number of carbonyl (C=O) groups excluding carboxylic acids is 2. The highest BCUT2D eigenvalue weighted by molar-refractivity contribution is 6.04. The van der Waals surface area contributed by atoms with E-state index in [9.17, 15) is 14.9 Å². The summed E-state index contributed by atoms with van der Waals surface area (Å²) < 4.78 is 0. The Morgan fingerprint density at radius 3 is 2.56 bits per heavy atom. The fraction of sp³-hybridized carbons (Fsp3) is 0.226. The summed E-state index contributed by atoms with van der Waals surface area (Å²) in [5, 5.41) is 15.3. The van der Waals surface area contributed by atoms with Crippen molar-refractivity contribution in [2.75, 3.05) is 10.6 Å². The van der Waals surface area contributed by atoms with Crippen LogP contribution in [0.1, 0.15) is 48.2 Å². The third kappa shape index (κ3) is 5.83. The predicted molar refractivity (Wildman–Crippen MR) is 150 cm³/mol. The van der Waals surface area contributed by atoms with E-state index in [0.717, 1.165) is 35.1 Å². The van der Waals surface area contributed by atoms with Crippen LogP contribution in [0.5, 0.6) is 0 Å². The van der Waals surface area contributed by atoms with Crippen LogP contribution in [0.4, 0.5) is 11.5 Å². The lowest BCUT2D eigenvalue weighted by Crippen LogP contribution is -2.17. The van der Waals surface area contributed by atoms with Crippen LogP contribution in [0.3, 0.4) is 0 Å². The van der Waals surface area contributed by atoms with E-state index in [2.05, 4.69) is 26.7 Å². The average Bonchev–Trinajstić information content (AvgIpc) is 3.80. The first-order valence-electron chi connectivity index (χ1n) is 12.8. The van der Waals surface area contributed by atoms with E-state index in [1.54, 1.807) is 42.9 Å². The molecule has 8 heteroatoms. The van der Waals surface area contributed by atoms with Gasteiger partial charge in [-0.25, -0.2) is 9.97 Å². The summed E-state index contributed by atoms with van der Waals surface area (Å²) in [4.78, 5) is 38.7. The molecule has 0 bridgehead atoms. The van der Waals surface area contributed by atoms with Crippen molar-refractivity contribution in [2.45, 2.75) is 39.0 Å². The first-order valence-corrected chi connectivity index (χ1v) is 12.8. The van der Waals surface area contributed by atoms with E-state index in [4.69, 9.17) is 4.98 Å². The fourth-order valence-electron chi connectivity index (χ4n) is 4.16. The summed E-state index contributed by atoms with van der Waals surface area (Å²) in [6, 6.07) is 18.6. The molecule has 0 atom stereocenters. The molecule has 4 aromatic rings. The van der Waals surface area contributed by atoms with Crippen molar-refractivity contribution in [1.29, 1.82) is 5.26 Å². The predicted octanol–water partition coefficient (Wildman–Crippen LogP) is 5.92. The zero-order valence-corrected chi connectivity index (χ0v) is 22.0. The maximum absolute atomic E-state index is 13.0. The molecule has 2 amide bonds. The zero-order chi connectivity index (χ0) is 27.6. The van der Waals surface area contributed by atoms with Crippen molar-refractivity contribution in [3.05, 3.63) is 89.9 Å².